The Labute approximate surface area is 140 Å². The highest BCUT2D eigenvalue weighted by Gasteiger charge is 2.13. The van der Waals surface area contributed by atoms with Crippen molar-refractivity contribution in [3.05, 3.63) is 47.9 Å². The summed E-state index contributed by atoms with van der Waals surface area (Å²) in [4.78, 5) is 8.56. The van der Waals surface area contributed by atoms with Crippen LogP contribution in [-0.2, 0) is 10.0 Å². The monoisotopic (exact) mass is 346 g/mol. The van der Waals surface area contributed by atoms with E-state index in [1.165, 1.54) is 6.33 Å². The Kier molecular flexibility index (Phi) is 4.45. The smallest absolute Gasteiger partial charge is 0.254 e. The van der Waals surface area contributed by atoms with Gasteiger partial charge in [0.05, 0.1) is 4.90 Å². The van der Waals surface area contributed by atoms with Gasteiger partial charge in [0.1, 0.15) is 12.1 Å². The van der Waals surface area contributed by atoms with Crippen molar-refractivity contribution in [3.8, 4) is 0 Å². The molecule has 0 saturated carbocycles. The van der Waals surface area contributed by atoms with Crippen LogP contribution in [0.25, 0.3) is 5.78 Å². The lowest BCUT2D eigenvalue weighted by Gasteiger charge is -2.10. The quantitative estimate of drug-likeness (QED) is 0.649. The number of rotatable bonds is 6. The van der Waals surface area contributed by atoms with Crippen LogP contribution < -0.4 is 10.0 Å². The molecule has 0 aliphatic carbocycles. The van der Waals surface area contributed by atoms with Gasteiger partial charge in [-0.15, -0.1) is 0 Å². The van der Waals surface area contributed by atoms with Crippen LogP contribution >= 0.6 is 0 Å². The minimum absolute atomic E-state index is 0.244. The van der Waals surface area contributed by atoms with Gasteiger partial charge in [0.2, 0.25) is 10.0 Å². The number of hydrogen-bond donors (Lipinski definition) is 2. The molecule has 2 N–H and O–H groups in total. The molecular weight excluding hydrogens is 328 g/mol. The van der Waals surface area contributed by atoms with Gasteiger partial charge >= 0.3 is 0 Å². The molecule has 0 saturated heterocycles. The Morgan fingerprint density at radius 3 is 2.79 bits per heavy atom. The van der Waals surface area contributed by atoms with Gasteiger partial charge in [-0.2, -0.15) is 14.6 Å². The molecule has 0 atom stereocenters. The normalized spacial score (nSPS) is 11.8. The largest absolute Gasteiger partial charge is 0.369 e. The molecule has 126 valence electrons. The second-order valence-corrected chi connectivity index (χ2v) is 7.16. The summed E-state index contributed by atoms with van der Waals surface area (Å²) >= 11 is 0. The third-order valence-electron chi connectivity index (χ3n) is 3.40. The molecular formula is C15H18N6O2S. The van der Waals surface area contributed by atoms with Gasteiger partial charge in [0.25, 0.3) is 5.78 Å². The lowest BCUT2D eigenvalue weighted by Crippen LogP contribution is -2.29. The summed E-state index contributed by atoms with van der Waals surface area (Å²) in [7, 11) is -3.51. The Morgan fingerprint density at radius 1 is 1.17 bits per heavy atom. The number of nitrogens with one attached hydrogen (secondary N) is 2. The molecule has 2 aromatic heterocycles. The summed E-state index contributed by atoms with van der Waals surface area (Å²) in [5, 5.41) is 7.23. The number of aryl methyl sites for hydroxylation is 2. The first kappa shape index (κ1) is 16.3. The van der Waals surface area contributed by atoms with Crippen LogP contribution in [0, 0.1) is 13.8 Å². The van der Waals surface area contributed by atoms with Gasteiger partial charge < -0.3 is 5.32 Å². The summed E-state index contributed by atoms with van der Waals surface area (Å²) in [6.07, 6.45) is 1.42. The van der Waals surface area contributed by atoms with Crippen LogP contribution in [0.4, 0.5) is 5.82 Å². The van der Waals surface area contributed by atoms with Gasteiger partial charge in [-0.05, 0) is 31.5 Å². The van der Waals surface area contributed by atoms with Crippen LogP contribution in [0.5, 0.6) is 0 Å². The van der Waals surface area contributed by atoms with Crippen molar-refractivity contribution in [2.45, 2.75) is 18.7 Å². The number of aromatic nitrogens is 4. The van der Waals surface area contributed by atoms with Crippen LogP contribution in [0.1, 0.15) is 11.3 Å². The third-order valence-corrected chi connectivity index (χ3v) is 4.86. The van der Waals surface area contributed by atoms with Crippen LogP contribution in [-0.4, -0.2) is 41.1 Å². The maximum absolute atomic E-state index is 12.2. The predicted octanol–water partition coefficient (Wildman–Crippen LogP) is 1.13. The fourth-order valence-corrected chi connectivity index (χ4v) is 3.43. The molecule has 0 bridgehead atoms. The molecule has 0 spiro atoms. The number of hydrogen-bond acceptors (Lipinski definition) is 6. The minimum Gasteiger partial charge on any atom is -0.369 e. The first-order chi connectivity index (χ1) is 11.5. The van der Waals surface area contributed by atoms with Gasteiger partial charge in [-0.25, -0.2) is 18.1 Å². The average Bonchev–Trinajstić information content (AvgIpc) is 2.99. The number of nitrogens with zero attached hydrogens (tertiary/aromatic N) is 4. The molecule has 0 amide bonds. The van der Waals surface area contributed by atoms with E-state index in [-0.39, 0.29) is 11.4 Å². The van der Waals surface area contributed by atoms with Crippen molar-refractivity contribution in [1.29, 1.82) is 0 Å². The lowest BCUT2D eigenvalue weighted by molar-refractivity contribution is 0.582. The molecule has 0 aliphatic heterocycles. The van der Waals surface area contributed by atoms with Crippen molar-refractivity contribution >= 4 is 21.6 Å². The number of sulfonamides is 1. The van der Waals surface area contributed by atoms with E-state index >= 15 is 0 Å². The molecule has 0 unspecified atom stereocenters. The van der Waals surface area contributed by atoms with Gasteiger partial charge in [-0.1, -0.05) is 12.1 Å². The van der Waals surface area contributed by atoms with Gasteiger partial charge in [-0.3, -0.25) is 0 Å². The van der Waals surface area contributed by atoms with Crippen molar-refractivity contribution in [3.63, 3.8) is 0 Å². The Bertz CT molecular complexity index is 967. The molecule has 24 heavy (non-hydrogen) atoms. The molecule has 9 heteroatoms. The second-order valence-electron chi connectivity index (χ2n) is 5.40. The van der Waals surface area contributed by atoms with Gasteiger partial charge in [0.15, 0.2) is 0 Å². The van der Waals surface area contributed by atoms with E-state index in [0.29, 0.717) is 18.1 Å². The first-order valence-electron chi connectivity index (χ1n) is 7.43. The topological polar surface area (TPSA) is 101 Å². The van der Waals surface area contributed by atoms with E-state index in [2.05, 4.69) is 25.1 Å². The van der Waals surface area contributed by atoms with Crippen LogP contribution in [0.3, 0.4) is 0 Å². The molecule has 0 radical (unpaired) electrons. The van der Waals surface area contributed by atoms with Crippen molar-refractivity contribution < 1.29 is 8.42 Å². The van der Waals surface area contributed by atoms with Crippen LogP contribution in [0.2, 0.25) is 0 Å². The maximum Gasteiger partial charge on any atom is 0.254 e. The SMILES string of the molecule is Cc1cccc(S(=O)(=O)NCCNc2cc(C)nc3ncnn23)c1. The van der Waals surface area contributed by atoms with Gasteiger partial charge in [0, 0.05) is 24.8 Å². The molecule has 3 aromatic rings. The van der Waals surface area contributed by atoms with E-state index in [0.717, 1.165) is 11.3 Å². The molecule has 1 aromatic carbocycles. The highest BCUT2D eigenvalue weighted by atomic mass is 32.2. The van der Waals surface area contributed by atoms with E-state index < -0.39 is 10.0 Å². The van der Waals surface area contributed by atoms with Crippen LogP contribution in [0.15, 0.2) is 41.6 Å². The zero-order valence-corrected chi connectivity index (χ0v) is 14.2. The average molecular weight is 346 g/mol. The zero-order chi connectivity index (χ0) is 17.2. The van der Waals surface area contributed by atoms with E-state index in [1.807, 2.05) is 26.0 Å². The summed E-state index contributed by atoms with van der Waals surface area (Å²) < 4.78 is 28.6. The number of fused-ring (bicyclic) bond motifs is 1. The summed E-state index contributed by atoms with van der Waals surface area (Å²) in [5.74, 6) is 1.21. The molecule has 0 aliphatic rings. The second kappa shape index (κ2) is 6.54. The van der Waals surface area contributed by atoms with E-state index in [1.54, 1.807) is 22.7 Å². The fourth-order valence-electron chi connectivity index (χ4n) is 2.30. The highest BCUT2D eigenvalue weighted by molar-refractivity contribution is 7.89. The van der Waals surface area contributed by atoms with Crippen molar-refractivity contribution in [2.24, 2.45) is 0 Å². The standard InChI is InChI=1S/C15H18N6O2S/c1-11-4-3-5-13(8-11)24(22,23)19-7-6-16-14-9-12(2)20-15-17-10-18-21(14)15/h3-5,8-10,16,19H,6-7H2,1-2H3. The molecule has 2 heterocycles. The first-order valence-corrected chi connectivity index (χ1v) is 8.92. The van der Waals surface area contributed by atoms with E-state index in [9.17, 15) is 8.42 Å². The maximum atomic E-state index is 12.2. The van der Waals surface area contributed by atoms with Crippen molar-refractivity contribution in [2.75, 3.05) is 18.4 Å². The summed E-state index contributed by atoms with van der Waals surface area (Å²) in [6.45, 7) is 4.37. The fraction of sp³-hybridized carbons (Fsp3) is 0.267. The lowest BCUT2D eigenvalue weighted by atomic mass is 10.2. The highest BCUT2D eigenvalue weighted by Crippen LogP contribution is 2.11. The third kappa shape index (κ3) is 3.52. The Balaban J connectivity index is 1.63. The molecule has 0 fully saturated rings. The Morgan fingerprint density at radius 2 is 2.00 bits per heavy atom. The Hall–Kier alpha value is -2.52. The van der Waals surface area contributed by atoms with E-state index in [4.69, 9.17) is 0 Å². The minimum atomic E-state index is -3.51. The number of benzene rings is 1. The molecule has 8 nitrogen and oxygen atoms in total. The summed E-state index contributed by atoms with van der Waals surface area (Å²) in [6, 6.07) is 8.63. The van der Waals surface area contributed by atoms with Crippen molar-refractivity contribution in [1.82, 2.24) is 24.3 Å². The number of anilines is 1. The molecule has 3 rings (SSSR count). The predicted molar refractivity (Wildman–Crippen MR) is 90.4 cm³/mol. The zero-order valence-electron chi connectivity index (χ0n) is 13.4. The summed E-state index contributed by atoms with van der Waals surface area (Å²) in [5.41, 5.74) is 1.70.